The van der Waals surface area contributed by atoms with E-state index < -0.39 is 94.8 Å². The highest BCUT2D eigenvalue weighted by atomic mass is 32.2. The fraction of sp³-hybridized carbons (Fsp3) is 0.265. The first-order valence-corrected chi connectivity index (χ1v) is 17.6. The molecule has 4 aromatic rings. The Kier molecular flexibility index (Phi) is 14.7. The number of aromatic nitrogens is 2. The van der Waals surface area contributed by atoms with E-state index in [9.17, 15) is 57.9 Å². The van der Waals surface area contributed by atoms with E-state index >= 15 is 0 Å². The summed E-state index contributed by atoms with van der Waals surface area (Å²) in [5.74, 6) is -7.09. The number of halogens is 8. The van der Waals surface area contributed by atoms with Gasteiger partial charge in [-0.15, -0.1) is 0 Å². The molecule has 0 spiro atoms. The average molecular weight is 834 g/mol. The van der Waals surface area contributed by atoms with E-state index in [1.165, 1.54) is 7.05 Å². The van der Waals surface area contributed by atoms with Gasteiger partial charge in [0, 0.05) is 38.4 Å². The standard InChI is InChI=1S/C34H31F8N7O7S/c1-48(24-4-7-28(43-16-24)55-32(39)40)30(50)26(6-3-18-9-20(35)14-21(36)10-18)45-34(52)47-57(53,54)46-27(13-19-11-22(37)15-23(38)12-19)31(51)49(2)25-5-8-29(44-17-25)56-33(41)42/h4-5,7-12,14-17,26-27,32-33,46H,3,6,13H2,1-2H3,(H2,45,47,52)/t26-,27-/m0/s1. The Hall–Kier alpha value is -6.10. The van der Waals surface area contributed by atoms with Crippen LogP contribution in [0.5, 0.6) is 11.8 Å². The van der Waals surface area contributed by atoms with Gasteiger partial charge in [0.25, 0.3) is 0 Å². The number of carbonyl (C=O) groups excluding carboxylic acids is 3. The molecule has 0 aliphatic rings. The van der Waals surface area contributed by atoms with E-state index in [4.69, 9.17) is 0 Å². The molecule has 2 aromatic heterocycles. The van der Waals surface area contributed by atoms with Gasteiger partial charge in [-0.3, -0.25) is 9.59 Å². The van der Waals surface area contributed by atoms with Crippen molar-refractivity contribution in [2.75, 3.05) is 23.9 Å². The summed E-state index contributed by atoms with van der Waals surface area (Å²) in [6, 6.07) is 3.79. The highest BCUT2D eigenvalue weighted by Crippen LogP contribution is 2.21. The van der Waals surface area contributed by atoms with Crippen molar-refractivity contribution in [3.63, 3.8) is 0 Å². The molecule has 0 unspecified atom stereocenters. The SMILES string of the molecule is CN(C(=O)[C@H](CCc1cc(F)cc(F)c1)NC(=O)NS(=O)(=O)N[C@@H](Cc1cc(F)cc(F)c1)C(=O)N(C)c1ccc(OC(F)F)nc1)c1ccc(OC(F)F)nc1. The lowest BCUT2D eigenvalue weighted by Gasteiger charge is -2.26. The first-order chi connectivity index (χ1) is 26.8. The van der Waals surface area contributed by atoms with Crippen molar-refractivity contribution in [3.8, 4) is 11.8 Å². The molecule has 0 saturated heterocycles. The van der Waals surface area contributed by atoms with Gasteiger partial charge < -0.3 is 24.6 Å². The Bertz CT molecular complexity index is 2110. The summed E-state index contributed by atoms with van der Waals surface area (Å²) in [6.45, 7) is -6.41. The summed E-state index contributed by atoms with van der Waals surface area (Å²) >= 11 is 0. The topological polar surface area (TPSA) is 172 Å². The van der Waals surface area contributed by atoms with Crippen LogP contribution in [0.4, 0.5) is 51.3 Å². The fourth-order valence-corrected chi connectivity index (χ4v) is 6.10. The number of ether oxygens (including phenoxy) is 2. The Morgan fingerprint density at radius 2 is 1.12 bits per heavy atom. The molecule has 0 aliphatic carbocycles. The maximum absolute atomic E-state index is 14.0. The van der Waals surface area contributed by atoms with Gasteiger partial charge in [0.1, 0.15) is 35.4 Å². The van der Waals surface area contributed by atoms with Crippen LogP contribution in [0.2, 0.25) is 0 Å². The van der Waals surface area contributed by atoms with Crippen molar-refractivity contribution in [3.05, 3.63) is 107 Å². The lowest BCUT2D eigenvalue weighted by atomic mass is 10.0. The molecule has 0 saturated carbocycles. The number of benzene rings is 2. The minimum absolute atomic E-state index is 0.00874. The third kappa shape index (κ3) is 13.3. The van der Waals surface area contributed by atoms with Crippen LogP contribution < -0.4 is 34.0 Å². The van der Waals surface area contributed by atoms with Gasteiger partial charge in [-0.2, -0.15) is 30.7 Å². The molecule has 0 aliphatic heterocycles. The number of anilines is 2. The molecular weight excluding hydrogens is 802 g/mol. The zero-order valence-electron chi connectivity index (χ0n) is 29.4. The number of carbonyl (C=O) groups is 3. The van der Waals surface area contributed by atoms with Crippen molar-refractivity contribution in [1.82, 2.24) is 24.7 Å². The number of nitrogens with one attached hydrogen (secondary N) is 3. The van der Waals surface area contributed by atoms with E-state index in [2.05, 4.69) is 24.8 Å². The molecule has 4 rings (SSSR count). The Labute approximate surface area is 319 Å². The predicted octanol–water partition coefficient (Wildman–Crippen LogP) is 4.61. The molecule has 2 heterocycles. The number of rotatable bonds is 17. The van der Waals surface area contributed by atoms with Crippen molar-refractivity contribution < 1.29 is 67.4 Å². The first-order valence-electron chi connectivity index (χ1n) is 16.2. The molecule has 2 aromatic carbocycles. The first kappa shape index (κ1) is 43.6. The predicted molar refractivity (Wildman–Crippen MR) is 185 cm³/mol. The minimum atomic E-state index is -5.11. The number of urea groups is 1. The fourth-order valence-electron chi connectivity index (χ4n) is 5.18. The lowest BCUT2D eigenvalue weighted by Crippen LogP contribution is -2.56. The van der Waals surface area contributed by atoms with E-state index in [0.29, 0.717) is 12.1 Å². The van der Waals surface area contributed by atoms with E-state index in [-0.39, 0.29) is 35.3 Å². The smallest absolute Gasteiger partial charge is 0.388 e. The van der Waals surface area contributed by atoms with Gasteiger partial charge in [0.05, 0.1) is 23.8 Å². The van der Waals surface area contributed by atoms with Gasteiger partial charge in [0.2, 0.25) is 23.6 Å². The van der Waals surface area contributed by atoms with Gasteiger partial charge in [-0.05, 0) is 66.8 Å². The lowest BCUT2D eigenvalue weighted by molar-refractivity contribution is -0.120. The molecule has 4 amide bonds. The van der Waals surface area contributed by atoms with Crippen LogP contribution in [-0.4, -0.2) is 75.6 Å². The zero-order chi connectivity index (χ0) is 42.0. The minimum Gasteiger partial charge on any atom is -0.417 e. The average Bonchev–Trinajstić information content (AvgIpc) is 3.11. The van der Waals surface area contributed by atoms with Crippen LogP contribution in [-0.2, 0) is 32.6 Å². The third-order valence-electron chi connectivity index (χ3n) is 7.73. The van der Waals surface area contributed by atoms with Gasteiger partial charge >= 0.3 is 29.5 Å². The molecule has 0 radical (unpaired) electrons. The number of pyridine rings is 2. The molecular formula is C34H31F8N7O7S. The van der Waals surface area contributed by atoms with E-state index in [1.807, 2.05) is 4.72 Å². The molecule has 2 atom stereocenters. The van der Waals surface area contributed by atoms with Crippen LogP contribution in [0.25, 0.3) is 0 Å². The number of hydrogen-bond acceptors (Lipinski definition) is 9. The van der Waals surface area contributed by atoms with Crippen LogP contribution >= 0.6 is 0 Å². The van der Waals surface area contributed by atoms with Crippen LogP contribution in [0, 0.1) is 23.3 Å². The second-order valence-corrected chi connectivity index (χ2v) is 13.3. The van der Waals surface area contributed by atoms with Crippen molar-refractivity contribution in [2.45, 2.75) is 44.6 Å². The van der Waals surface area contributed by atoms with Gasteiger partial charge in [-0.1, -0.05) is 0 Å². The van der Waals surface area contributed by atoms with Crippen LogP contribution in [0.3, 0.4) is 0 Å². The molecule has 57 heavy (non-hydrogen) atoms. The van der Waals surface area contributed by atoms with E-state index in [1.54, 1.807) is 4.72 Å². The molecule has 3 N–H and O–H groups in total. The maximum atomic E-state index is 14.0. The molecule has 306 valence electrons. The Balaban J connectivity index is 1.56. The summed E-state index contributed by atoms with van der Waals surface area (Å²) < 4.78 is 145. The van der Waals surface area contributed by atoms with Crippen molar-refractivity contribution in [1.29, 1.82) is 0 Å². The molecule has 0 bridgehead atoms. The summed E-state index contributed by atoms with van der Waals surface area (Å²) in [5.41, 5.74) is -0.246. The molecule has 23 heteroatoms. The van der Waals surface area contributed by atoms with Gasteiger partial charge in [-0.25, -0.2) is 37.0 Å². The number of hydrogen-bond donors (Lipinski definition) is 3. The van der Waals surface area contributed by atoms with Crippen LogP contribution in [0.1, 0.15) is 17.5 Å². The third-order valence-corrected chi connectivity index (χ3v) is 8.78. The zero-order valence-corrected chi connectivity index (χ0v) is 30.3. The molecule has 14 nitrogen and oxygen atoms in total. The number of aryl methyl sites for hydroxylation is 1. The number of amides is 4. The number of nitrogens with zero attached hydrogens (tertiary/aromatic N) is 4. The molecule has 0 fully saturated rings. The summed E-state index contributed by atoms with van der Waals surface area (Å²) in [6.07, 6.45) is 0.567. The van der Waals surface area contributed by atoms with E-state index in [0.717, 1.165) is 77.8 Å². The highest BCUT2D eigenvalue weighted by Gasteiger charge is 2.31. The largest absolute Gasteiger partial charge is 0.417 e. The Morgan fingerprint density at radius 1 is 0.684 bits per heavy atom. The van der Waals surface area contributed by atoms with Gasteiger partial charge in [0.15, 0.2) is 0 Å². The monoisotopic (exact) mass is 833 g/mol. The van der Waals surface area contributed by atoms with Crippen LogP contribution in [0.15, 0.2) is 73.1 Å². The Morgan fingerprint density at radius 3 is 1.54 bits per heavy atom. The summed E-state index contributed by atoms with van der Waals surface area (Å²) in [4.78, 5) is 49.4. The number of likely N-dealkylation sites (N-methyl/N-ethyl adjacent to an activating group) is 2. The summed E-state index contributed by atoms with van der Waals surface area (Å²) in [7, 11) is -2.79. The normalized spacial score (nSPS) is 12.5. The highest BCUT2D eigenvalue weighted by molar-refractivity contribution is 7.88. The second kappa shape index (κ2) is 19.2. The number of alkyl halides is 4. The quantitative estimate of drug-likeness (QED) is 0.129. The van der Waals surface area contributed by atoms with Crippen molar-refractivity contribution >= 4 is 39.4 Å². The summed E-state index contributed by atoms with van der Waals surface area (Å²) in [5, 5.41) is 2.13. The maximum Gasteiger partial charge on any atom is 0.388 e. The van der Waals surface area contributed by atoms with Crippen molar-refractivity contribution in [2.24, 2.45) is 0 Å². The second-order valence-electron chi connectivity index (χ2n) is 11.9.